The van der Waals surface area contributed by atoms with E-state index < -0.39 is 0 Å². The molecule has 2 aromatic carbocycles. The zero-order chi connectivity index (χ0) is 20.2. The predicted molar refractivity (Wildman–Crippen MR) is 105 cm³/mol. The molecule has 0 unspecified atom stereocenters. The number of benzene rings is 2. The molecule has 0 radical (unpaired) electrons. The molecule has 0 spiro atoms. The molecular weight excluding hydrogens is 372 g/mol. The molecule has 4 rings (SSSR count). The first-order chi connectivity index (χ1) is 14.1. The van der Waals surface area contributed by atoms with E-state index in [0.717, 1.165) is 22.6 Å². The van der Waals surface area contributed by atoms with Crippen LogP contribution in [0.1, 0.15) is 25.6 Å². The van der Waals surface area contributed by atoms with E-state index in [1.54, 1.807) is 7.11 Å². The average molecular weight is 392 g/mol. The highest BCUT2D eigenvalue weighted by molar-refractivity contribution is 5.56. The second-order valence-corrected chi connectivity index (χ2v) is 6.61. The van der Waals surface area contributed by atoms with Crippen molar-refractivity contribution in [1.82, 2.24) is 20.3 Å². The first-order valence-corrected chi connectivity index (χ1v) is 9.17. The molecule has 0 N–H and O–H groups in total. The highest BCUT2D eigenvalue weighted by Crippen LogP contribution is 2.23. The third kappa shape index (κ3) is 4.43. The van der Waals surface area contributed by atoms with Crippen LogP contribution in [-0.4, -0.2) is 33.6 Å². The van der Waals surface area contributed by atoms with Crippen LogP contribution in [0.4, 0.5) is 0 Å². The molecule has 8 nitrogen and oxygen atoms in total. The highest BCUT2D eigenvalue weighted by atomic mass is 16.5. The van der Waals surface area contributed by atoms with Crippen LogP contribution in [0, 0.1) is 0 Å². The Labute approximate surface area is 167 Å². The van der Waals surface area contributed by atoms with Gasteiger partial charge in [-0.15, -0.1) is 10.2 Å². The van der Waals surface area contributed by atoms with Crippen molar-refractivity contribution in [3.8, 4) is 34.3 Å². The van der Waals surface area contributed by atoms with Crippen LogP contribution in [0.25, 0.3) is 22.8 Å². The monoisotopic (exact) mass is 392 g/mol. The Morgan fingerprint density at radius 3 is 2.24 bits per heavy atom. The Bertz CT molecular complexity index is 1070. The number of methoxy groups -OCH3 is 1. The maximum atomic E-state index is 5.71. The smallest absolute Gasteiger partial charge is 0.247 e. The molecule has 0 fully saturated rings. The second-order valence-electron chi connectivity index (χ2n) is 6.61. The first-order valence-electron chi connectivity index (χ1n) is 9.17. The number of aromatic nitrogens is 4. The van der Waals surface area contributed by atoms with Crippen LogP contribution < -0.4 is 9.47 Å². The van der Waals surface area contributed by atoms with Gasteiger partial charge in [0, 0.05) is 11.1 Å². The Morgan fingerprint density at radius 1 is 0.862 bits per heavy atom. The van der Waals surface area contributed by atoms with E-state index >= 15 is 0 Å². The van der Waals surface area contributed by atoms with E-state index in [-0.39, 0.29) is 12.5 Å². The van der Waals surface area contributed by atoms with E-state index in [4.69, 9.17) is 18.4 Å². The van der Waals surface area contributed by atoms with E-state index in [1.807, 2.05) is 62.4 Å². The van der Waals surface area contributed by atoms with Gasteiger partial charge in [0.05, 0.1) is 13.2 Å². The van der Waals surface area contributed by atoms with E-state index in [1.165, 1.54) is 0 Å². The van der Waals surface area contributed by atoms with Gasteiger partial charge in [-0.05, 0) is 62.4 Å². The molecule has 0 amide bonds. The van der Waals surface area contributed by atoms with Gasteiger partial charge in [0.2, 0.25) is 23.5 Å². The normalized spacial score (nSPS) is 11.0. The van der Waals surface area contributed by atoms with Crippen LogP contribution >= 0.6 is 0 Å². The molecule has 8 heteroatoms. The second kappa shape index (κ2) is 8.14. The summed E-state index contributed by atoms with van der Waals surface area (Å²) < 4.78 is 21.8. The third-order valence-corrected chi connectivity index (χ3v) is 4.06. The van der Waals surface area contributed by atoms with Gasteiger partial charge >= 0.3 is 0 Å². The minimum Gasteiger partial charge on any atom is -0.497 e. The van der Waals surface area contributed by atoms with Crippen LogP contribution in [0.2, 0.25) is 0 Å². The molecule has 0 aliphatic carbocycles. The van der Waals surface area contributed by atoms with Crippen molar-refractivity contribution in [2.75, 3.05) is 7.11 Å². The molecule has 2 aromatic heterocycles. The topological polar surface area (TPSA) is 96.3 Å². The lowest BCUT2D eigenvalue weighted by molar-refractivity contribution is 0.242. The fraction of sp³-hybridized carbons (Fsp3) is 0.238. The number of rotatable bonds is 7. The van der Waals surface area contributed by atoms with Crippen molar-refractivity contribution in [2.45, 2.75) is 26.4 Å². The minimum atomic E-state index is 0.120. The van der Waals surface area contributed by atoms with Gasteiger partial charge < -0.3 is 18.4 Å². The van der Waals surface area contributed by atoms with Crippen molar-refractivity contribution in [2.24, 2.45) is 0 Å². The van der Waals surface area contributed by atoms with Crippen molar-refractivity contribution in [3.05, 3.63) is 60.3 Å². The first kappa shape index (κ1) is 18.7. The van der Waals surface area contributed by atoms with E-state index in [2.05, 4.69) is 20.3 Å². The maximum absolute atomic E-state index is 5.71. The van der Waals surface area contributed by atoms with Gasteiger partial charge in [0.1, 0.15) is 17.9 Å². The van der Waals surface area contributed by atoms with Gasteiger partial charge in [0.25, 0.3) is 0 Å². The SMILES string of the molecule is COc1ccc(-c2nnc(Cc3nc(-c4ccc(OC(C)C)cc4)no3)o2)cc1. The highest BCUT2D eigenvalue weighted by Gasteiger charge is 2.15. The molecule has 29 heavy (non-hydrogen) atoms. The number of ether oxygens (including phenoxy) is 2. The fourth-order valence-electron chi connectivity index (χ4n) is 2.70. The van der Waals surface area contributed by atoms with E-state index in [0.29, 0.717) is 23.5 Å². The molecule has 2 heterocycles. The maximum Gasteiger partial charge on any atom is 0.247 e. The van der Waals surface area contributed by atoms with Crippen molar-refractivity contribution < 1.29 is 18.4 Å². The van der Waals surface area contributed by atoms with Gasteiger partial charge in [-0.1, -0.05) is 5.16 Å². The minimum absolute atomic E-state index is 0.120. The van der Waals surface area contributed by atoms with Crippen molar-refractivity contribution in [3.63, 3.8) is 0 Å². The van der Waals surface area contributed by atoms with Crippen LogP contribution in [0.5, 0.6) is 11.5 Å². The lowest BCUT2D eigenvalue weighted by Crippen LogP contribution is -2.05. The Hall–Kier alpha value is -3.68. The molecule has 148 valence electrons. The van der Waals surface area contributed by atoms with Crippen LogP contribution in [-0.2, 0) is 6.42 Å². The summed E-state index contributed by atoms with van der Waals surface area (Å²) >= 11 is 0. The summed E-state index contributed by atoms with van der Waals surface area (Å²) in [5.74, 6) is 3.26. The summed E-state index contributed by atoms with van der Waals surface area (Å²) in [6.07, 6.45) is 0.375. The molecule has 4 aromatic rings. The quantitative estimate of drug-likeness (QED) is 0.462. The number of hydrogen-bond acceptors (Lipinski definition) is 8. The zero-order valence-corrected chi connectivity index (χ0v) is 16.3. The van der Waals surface area contributed by atoms with Crippen LogP contribution in [0.3, 0.4) is 0 Å². The van der Waals surface area contributed by atoms with Gasteiger partial charge in [-0.2, -0.15) is 4.98 Å². The molecule has 0 saturated carbocycles. The van der Waals surface area contributed by atoms with Crippen LogP contribution in [0.15, 0.2) is 57.5 Å². The average Bonchev–Trinajstić information content (AvgIpc) is 3.38. The lowest BCUT2D eigenvalue weighted by atomic mass is 10.2. The molecule has 0 aliphatic rings. The summed E-state index contributed by atoms with van der Waals surface area (Å²) in [7, 11) is 1.62. The fourth-order valence-corrected chi connectivity index (χ4v) is 2.70. The molecule has 0 bridgehead atoms. The summed E-state index contributed by atoms with van der Waals surface area (Å²) in [4.78, 5) is 4.41. The number of hydrogen-bond donors (Lipinski definition) is 0. The van der Waals surface area contributed by atoms with Crippen molar-refractivity contribution >= 4 is 0 Å². The third-order valence-electron chi connectivity index (χ3n) is 4.06. The summed E-state index contributed by atoms with van der Waals surface area (Å²) in [6.45, 7) is 3.97. The predicted octanol–water partition coefficient (Wildman–Crippen LogP) is 4.17. The Kier molecular flexibility index (Phi) is 5.24. The Balaban J connectivity index is 1.44. The molecular formula is C21H20N4O4. The number of nitrogens with zero attached hydrogens (tertiary/aromatic N) is 4. The molecule has 0 atom stereocenters. The Morgan fingerprint density at radius 2 is 1.55 bits per heavy atom. The summed E-state index contributed by atoms with van der Waals surface area (Å²) in [5, 5.41) is 12.2. The largest absolute Gasteiger partial charge is 0.497 e. The zero-order valence-electron chi connectivity index (χ0n) is 16.3. The van der Waals surface area contributed by atoms with Gasteiger partial charge in [-0.3, -0.25) is 0 Å². The summed E-state index contributed by atoms with van der Waals surface area (Å²) in [5.41, 5.74) is 1.64. The van der Waals surface area contributed by atoms with Crippen molar-refractivity contribution in [1.29, 1.82) is 0 Å². The lowest BCUT2D eigenvalue weighted by Gasteiger charge is -2.09. The standard InChI is InChI=1S/C21H20N4O4/c1-13(2)27-17-10-4-14(5-11-17)20-22-18(29-25-20)12-19-23-24-21(28-19)15-6-8-16(26-3)9-7-15/h4-11,13H,12H2,1-3H3. The van der Waals surface area contributed by atoms with E-state index in [9.17, 15) is 0 Å². The van der Waals surface area contributed by atoms with Gasteiger partial charge in [-0.25, -0.2) is 0 Å². The summed E-state index contributed by atoms with van der Waals surface area (Å²) in [6, 6.07) is 14.9. The molecule has 0 saturated heterocycles. The molecule has 0 aliphatic heterocycles. The van der Waals surface area contributed by atoms with Gasteiger partial charge in [0.15, 0.2) is 0 Å².